The van der Waals surface area contributed by atoms with Crippen molar-refractivity contribution in [2.75, 3.05) is 12.4 Å². The Labute approximate surface area is 119 Å². The molecule has 2 aromatic carbocycles. The molecular formula is C15H13F4NO. The molecule has 2 rings (SSSR count). The molecule has 112 valence electrons. The second kappa shape index (κ2) is 6.03. The van der Waals surface area contributed by atoms with Gasteiger partial charge in [0.25, 0.3) is 0 Å². The fourth-order valence-electron chi connectivity index (χ4n) is 1.79. The van der Waals surface area contributed by atoms with Gasteiger partial charge in [0.05, 0.1) is 12.7 Å². The average Bonchev–Trinajstić information content (AvgIpc) is 2.46. The molecule has 6 heteroatoms. The summed E-state index contributed by atoms with van der Waals surface area (Å²) in [7, 11) is 1.36. The van der Waals surface area contributed by atoms with Crippen LogP contribution in [0.5, 0.6) is 5.75 Å². The van der Waals surface area contributed by atoms with Crippen LogP contribution in [-0.4, -0.2) is 7.11 Å². The summed E-state index contributed by atoms with van der Waals surface area (Å²) in [5.41, 5.74) is 0.620. The van der Waals surface area contributed by atoms with Gasteiger partial charge < -0.3 is 10.1 Å². The lowest BCUT2D eigenvalue weighted by Crippen LogP contribution is -2.05. The molecule has 2 aromatic rings. The number of ether oxygens (including phenoxy) is 1. The summed E-state index contributed by atoms with van der Waals surface area (Å²) in [4.78, 5) is 0. The van der Waals surface area contributed by atoms with E-state index in [2.05, 4.69) is 5.32 Å². The highest BCUT2D eigenvalue weighted by atomic mass is 19.4. The van der Waals surface area contributed by atoms with Crippen molar-refractivity contribution >= 4 is 5.69 Å². The highest BCUT2D eigenvalue weighted by Gasteiger charge is 2.29. The quantitative estimate of drug-likeness (QED) is 0.841. The second-order valence-electron chi connectivity index (χ2n) is 4.40. The Morgan fingerprint density at radius 1 is 1.05 bits per heavy atom. The summed E-state index contributed by atoms with van der Waals surface area (Å²) in [6, 6.07) is 9.13. The van der Waals surface area contributed by atoms with Gasteiger partial charge in [-0.2, -0.15) is 13.2 Å². The number of anilines is 1. The molecule has 0 aromatic heterocycles. The molecule has 2 nitrogen and oxygen atoms in total. The highest BCUT2D eigenvalue weighted by molar-refractivity contribution is 5.49. The first-order valence-electron chi connectivity index (χ1n) is 6.13. The van der Waals surface area contributed by atoms with E-state index in [1.807, 2.05) is 0 Å². The molecule has 0 unspecified atom stereocenters. The molecule has 0 fully saturated rings. The van der Waals surface area contributed by atoms with Gasteiger partial charge >= 0.3 is 6.18 Å². The molecule has 0 heterocycles. The Morgan fingerprint density at radius 2 is 1.71 bits per heavy atom. The predicted molar refractivity (Wildman–Crippen MR) is 71.7 cm³/mol. The molecule has 0 spiro atoms. The molecule has 1 N–H and O–H groups in total. The van der Waals surface area contributed by atoms with Crippen molar-refractivity contribution < 1.29 is 22.3 Å². The van der Waals surface area contributed by atoms with Gasteiger partial charge in [-0.3, -0.25) is 0 Å². The van der Waals surface area contributed by atoms with Crippen LogP contribution in [0.25, 0.3) is 0 Å². The third kappa shape index (κ3) is 3.87. The second-order valence-corrected chi connectivity index (χ2v) is 4.40. The maximum atomic E-state index is 13.2. The van der Waals surface area contributed by atoms with E-state index in [0.717, 1.165) is 12.1 Å². The number of benzene rings is 2. The highest BCUT2D eigenvalue weighted by Crippen LogP contribution is 2.29. The molecule has 0 amide bonds. The van der Waals surface area contributed by atoms with Gasteiger partial charge in [-0.15, -0.1) is 0 Å². The van der Waals surface area contributed by atoms with Gasteiger partial charge in [0, 0.05) is 18.3 Å². The average molecular weight is 299 g/mol. The SMILES string of the molecule is COc1cc(NCc2ccc(C(F)(F)F)cc2)ccc1F. The first kappa shape index (κ1) is 15.2. The van der Waals surface area contributed by atoms with E-state index in [1.165, 1.54) is 37.4 Å². The van der Waals surface area contributed by atoms with Crippen molar-refractivity contribution in [1.29, 1.82) is 0 Å². The van der Waals surface area contributed by atoms with Crippen molar-refractivity contribution in [3.8, 4) is 5.75 Å². The fraction of sp³-hybridized carbons (Fsp3) is 0.200. The van der Waals surface area contributed by atoms with Gasteiger partial charge in [-0.1, -0.05) is 12.1 Å². The Kier molecular flexibility index (Phi) is 4.35. The number of rotatable bonds is 4. The van der Waals surface area contributed by atoms with Crippen LogP contribution in [0, 0.1) is 5.82 Å². The summed E-state index contributed by atoms with van der Waals surface area (Å²) >= 11 is 0. The monoisotopic (exact) mass is 299 g/mol. The van der Waals surface area contributed by atoms with Crippen molar-refractivity contribution in [3.63, 3.8) is 0 Å². The molecule has 0 aliphatic heterocycles. The van der Waals surface area contributed by atoms with Crippen molar-refractivity contribution in [3.05, 3.63) is 59.4 Å². The van der Waals surface area contributed by atoms with Gasteiger partial charge in [0.15, 0.2) is 11.6 Å². The lowest BCUT2D eigenvalue weighted by Gasteiger charge is -2.10. The maximum absolute atomic E-state index is 13.2. The smallest absolute Gasteiger partial charge is 0.416 e. The summed E-state index contributed by atoms with van der Waals surface area (Å²) in [6.07, 6.45) is -4.34. The molecule has 21 heavy (non-hydrogen) atoms. The lowest BCUT2D eigenvalue weighted by molar-refractivity contribution is -0.137. The molecule has 0 aliphatic carbocycles. The van der Waals surface area contributed by atoms with E-state index in [0.29, 0.717) is 17.8 Å². The number of hydrogen-bond acceptors (Lipinski definition) is 2. The van der Waals surface area contributed by atoms with Crippen LogP contribution in [0.15, 0.2) is 42.5 Å². The van der Waals surface area contributed by atoms with Crippen LogP contribution >= 0.6 is 0 Å². The number of methoxy groups -OCH3 is 1. The number of halogens is 4. The Morgan fingerprint density at radius 3 is 2.29 bits per heavy atom. The van der Waals surface area contributed by atoms with E-state index >= 15 is 0 Å². The largest absolute Gasteiger partial charge is 0.494 e. The van der Waals surface area contributed by atoms with E-state index in [9.17, 15) is 17.6 Å². The molecule has 0 radical (unpaired) electrons. The topological polar surface area (TPSA) is 21.3 Å². The lowest BCUT2D eigenvalue weighted by atomic mass is 10.1. The van der Waals surface area contributed by atoms with Gasteiger partial charge in [0.1, 0.15) is 0 Å². The van der Waals surface area contributed by atoms with E-state index in [-0.39, 0.29) is 5.75 Å². The molecular weight excluding hydrogens is 286 g/mol. The molecule has 0 atom stereocenters. The third-order valence-corrected chi connectivity index (χ3v) is 2.93. The zero-order valence-electron chi connectivity index (χ0n) is 11.2. The molecule has 0 bridgehead atoms. The van der Waals surface area contributed by atoms with Crippen LogP contribution in [0.1, 0.15) is 11.1 Å². The summed E-state index contributed by atoms with van der Waals surface area (Å²) in [5, 5.41) is 2.99. The van der Waals surface area contributed by atoms with Crippen molar-refractivity contribution in [2.45, 2.75) is 12.7 Å². The van der Waals surface area contributed by atoms with Crippen LogP contribution in [0.4, 0.5) is 23.2 Å². The Hall–Kier alpha value is -2.24. The summed E-state index contributed by atoms with van der Waals surface area (Å²) < 4.78 is 55.4. The Balaban J connectivity index is 2.03. The number of alkyl halides is 3. The molecule has 0 aliphatic rings. The molecule has 0 saturated heterocycles. The zero-order chi connectivity index (χ0) is 15.5. The van der Waals surface area contributed by atoms with Gasteiger partial charge in [-0.05, 0) is 29.8 Å². The minimum atomic E-state index is -4.34. The van der Waals surface area contributed by atoms with Crippen LogP contribution in [0.2, 0.25) is 0 Å². The van der Waals surface area contributed by atoms with E-state index in [4.69, 9.17) is 4.74 Å². The third-order valence-electron chi connectivity index (χ3n) is 2.93. The first-order chi connectivity index (χ1) is 9.90. The number of nitrogens with one attached hydrogen (secondary N) is 1. The fourth-order valence-corrected chi connectivity index (χ4v) is 1.79. The van der Waals surface area contributed by atoms with Crippen LogP contribution < -0.4 is 10.1 Å². The zero-order valence-corrected chi connectivity index (χ0v) is 11.2. The van der Waals surface area contributed by atoms with Crippen LogP contribution in [0.3, 0.4) is 0 Å². The minimum Gasteiger partial charge on any atom is -0.494 e. The van der Waals surface area contributed by atoms with E-state index < -0.39 is 17.6 Å². The number of hydrogen-bond donors (Lipinski definition) is 1. The summed E-state index contributed by atoms with van der Waals surface area (Å²) in [5.74, 6) is -0.370. The van der Waals surface area contributed by atoms with Crippen molar-refractivity contribution in [1.82, 2.24) is 0 Å². The normalized spacial score (nSPS) is 11.3. The molecule has 0 saturated carbocycles. The van der Waals surface area contributed by atoms with Crippen molar-refractivity contribution in [2.24, 2.45) is 0 Å². The van der Waals surface area contributed by atoms with E-state index in [1.54, 1.807) is 0 Å². The predicted octanol–water partition coefficient (Wildman–Crippen LogP) is 4.47. The van der Waals surface area contributed by atoms with Gasteiger partial charge in [0.2, 0.25) is 0 Å². The van der Waals surface area contributed by atoms with Crippen LogP contribution in [-0.2, 0) is 12.7 Å². The minimum absolute atomic E-state index is 0.104. The maximum Gasteiger partial charge on any atom is 0.416 e. The Bertz CT molecular complexity index is 608. The first-order valence-corrected chi connectivity index (χ1v) is 6.13. The van der Waals surface area contributed by atoms with Gasteiger partial charge in [-0.25, -0.2) is 4.39 Å². The standard InChI is InChI=1S/C15H13F4NO/c1-21-14-8-12(6-7-13(14)16)20-9-10-2-4-11(5-3-10)15(17,18)19/h2-8,20H,9H2,1H3. The summed E-state index contributed by atoms with van der Waals surface area (Å²) in [6.45, 7) is 0.326.